The first kappa shape index (κ1) is 5.85. The van der Waals surface area contributed by atoms with Gasteiger partial charge in [0.1, 0.15) is 0 Å². The lowest BCUT2D eigenvalue weighted by Gasteiger charge is -1.98. The van der Waals surface area contributed by atoms with Gasteiger partial charge in [-0.25, -0.2) is 0 Å². The zero-order valence-electron chi connectivity index (χ0n) is 5.58. The Kier molecular flexibility index (Phi) is 1.39. The van der Waals surface area contributed by atoms with Gasteiger partial charge in [-0.05, 0) is 13.0 Å². The maximum absolute atomic E-state index is 5.06. The third kappa shape index (κ3) is 0.903. The molecule has 10 heavy (non-hydrogen) atoms. The summed E-state index contributed by atoms with van der Waals surface area (Å²) in [6, 6.07) is 0. The minimum Gasteiger partial charge on any atom is -0.428 e. The van der Waals surface area contributed by atoms with Gasteiger partial charge in [0.2, 0.25) is 12.3 Å². The van der Waals surface area contributed by atoms with E-state index in [1.165, 1.54) is 6.39 Å². The minimum absolute atomic E-state index is 0.447. The van der Waals surface area contributed by atoms with Crippen molar-refractivity contribution >= 4 is 0 Å². The van der Waals surface area contributed by atoms with Gasteiger partial charge in [-0.3, -0.25) is 0 Å². The molecule has 4 nitrogen and oxygen atoms in total. The lowest BCUT2D eigenvalue weighted by Crippen LogP contribution is -2.08. The van der Waals surface area contributed by atoms with Crippen molar-refractivity contribution < 1.29 is 4.42 Å². The highest BCUT2D eigenvalue weighted by molar-refractivity contribution is 4.93. The molecule has 1 atom stereocenters. The topological polar surface area (TPSA) is 51.0 Å². The van der Waals surface area contributed by atoms with Crippen molar-refractivity contribution in [3.8, 4) is 0 Å². The van der Waals surface area contributed by atoms with Crippen LogP contribution in [0.1, 0.15) is 18.2 Å². The van der Waals surface area contributed by atoms with Gasteiger partial charge in [-0.1, -0.05) is 0 Å². The summed E-state index contributed by atoms with van der Waals surface area (Å²) in [5.74, 6) is 1.22. The van der Waals surface area contributed by atoms with Crippen LogP contribution in [0.3, 0.4) is 0 Å². The molecule has 0 aliphatic carbocycles. The fourth-order valence-electron chi connectivity index (χ4n) is 1.22. The SMILES string of the molecule is c1nnc([C@@H]2CCNC2)o1. The molecule has 1 aliphatic heterocycles. The Morgan fingerprint density at radius 1 is 1.70 bits per heavy atom. The molecule has 1 saturated heterocycles. The largest absolute Gasteiger partial charge is 0.428 e. The Morgan fingerprint density at radius 2 is 2.70 bits per heavy atom. The van der Waals surface area contributed by atoms with E-state index in [0.717, 1.165) is 25.4 Å². The maximum Gasteiger partial charge on any atom is 0.220 e. The molecular formula is C6H9N3O. The molecule has 0 bridgehead atoms. The molecule has 0 unspecified atom stereocenters. The molecule has 54 valence electrons. The molecule has 0 amide bonds. The minimum atomic E-state index is 0.447. The van der Waals surface area contributed by atoms with E-state index in [1.807, 2.05) is 0 Å². The molecule has 1 fully saturated rings. The number of hydrogen-bond donors (Lipinski definition) is 1. The summed E-state index contributed by atoms with van der Waals surface area (Å²) in [6.45, 7) is 2.04. The monoisotopic (exact) mass is 139 g/mol. The van der Waals surface area contributed by atoms with Crippen molar-refractivity contribution in [3.05, 3.63) is 12.3 Å². The first-order valence-electron chi connectivity index (χ1n) is 3.43. The van der Waals surface area contributed by atoms with Crippen LogP contribution in [0.15, 0.2) is 10.8 Å². The first-order valence-corrected chi connectivity index (χ1v) is 3.43. The molecule has 4 heteroatoms. The Morgan fingerprint density at radius 3 is 3.30 bits per heavy atom. The van der Waals surface area contributed by atoms with Gasteiger partial charge in [0, 0.05) is 6.54 Å². The van der Waals surface area contributed by atoms with Gasteiger partial charge < -0.3 is 9.73 Å². The van der Waals surface area contributed by atoms with Crippen LogP contribution in [-0.2, 0) is 0 Å². The molecule has 0 spiro atoms. The normalized spacial score (nSPS) is 25.4. The zero-order chi connectivity index (χ0) is 6.81. The molecule has 0 radical (unpaired) electrons. The zero-order valence-corrected chi connectivity index (χ0v) is 5.58. The van der Waals surface area contributed by atoms with E-state index in [2.05, 4.69) is 15.5 Å². The average molecular weight is 139 g/mol. The van der Waals surface area contributed by atoms with E-state index in [9.17, 15) is 0 Å². The second kappa shape index (κ2) is 2.38. The number of aromatic nitrogens is 2. The summed E-state index contributed by atoms with van der Waals surface area (Å²) >= 11 is 0. The summed E-state index contributed by atoms with van der Waals surface area (Å²) in [5.41, 5.74) is 0. The number of rotatable bonds is 1. The molecule has 1 aliphatic rings. The van der Waals surface area contributed by atoms with Crippen LogP contribution in [0.25, 0.3) is 0 Å². The van der Waals surface area contributed by atoms with Crippen LogP contribution in [0.4, 0.5) is 0 Å². The molecule has 1 N–H and O–H groups in total. The van der Waals surface area contributed by atoms with Crippen LogP contribution in [0, 0.1) is 0 Å². The Labute approximate surface area is 58.6 Å². The molecule has 2 heterocycles. The van der Waals surface area contributed by atoms with E-state index in [0.29, 0.717) is 5.92 Å². The van der Waals surface area contributed by atoms with Crippen molar-refractivity contribution in [2.75, 3.05) is 13.1 Å². The van der Waals surface area contributed by atoms with Crippen LogP contribution < -0.4 is 5.32 Å². The van der Waals surface area contributed by atoms with Crippen LogP contribution in [0.2, 0.25) is 0 Å². The summed E-state index contributed by atoms with van der Waals surface area (Å²) in [4.78, 5) is 0. The van der Waals surface area contributed by atoms with Gasteiger partial charge in [0.15, 0.2) is 0 Å². The second-order valence-electron chi connectivity index (χ2n) is 2.47. The summed E-state index contributed by atoms with van der Waals surface area (Å²) < 4.78 is 5.06. The Bertz CT molecular complexity index is 191. The van der Waals surface area contributed by atoms with E-state index in [-0.39, 0.29) is 0 Å². The number of hydrogen-bond acceptors (Lipinski definition) is 4. The molecule has 0 saturated carbocycles. The summed E-state index contributed by atoms with van der Waals surface area (Å²) in [6.07, 6.45) is 2.50. The molecule has 0 aromatic carbocycles. The third-order valence-electron chi connectivity index (χ3n) is 1.79. The molecule has 1 aromatic heterocycles. The van der Waals surface area contributed by atoms with Gasteiger partial charge in [0.05, 0.1) is 5.92 Å². The van der Waals surface area contributed by atoms with Crippen LogP contribution in [0.5, 0.6) is 0 Å². The predicted octanol–water partition coefficient (Wildman–Crippen LogP) is 0.146. The Hall–Kier alpha value is -0.900. The number of nitrogens with zero attached hydrogens (tertiary/aromatic N) is 2. The second-order valence-corrected chi connectivity index (χ2v) is 2.47. The summed E-state index contributed by atoms with van der Waals surface area (Å²) in [5, 5.41) is 10.7. The van der Waals surface area contributed by atoms with Crippen LogP contribution in [-0.4, -0.2) is 23.3 Å². The summed E-state index contributed by atoms with van der Waals surface area (Å²) in [7, 11) is 0. The third-order valence-corrected chi connectivity index (χ3v) is 1.79. The number of nitrogens with one attached hydrogen (secondary N) is 1. The predicted molar refractivity (Wildman–Crippen MR) is 34.5 cm³/mol. The highest BCUT2D eigenvalue weighted by Gasteiger charge is 2.20. The first-order chi connectivity index (χ1) is 4.97. The molecule has 1 aromatic rings. The highest BCUT2D eigenvalue weighted by Crippen LogP contribution is 2.18. The van der Waals surface area contributed by atoms with Crippen molar-refractivity contribution in [2.24, 2.45) is 0 Å². The lowest BCUT2D eigenvalue weighted by molar-refractivity contribution is 0.457. The van der Waals surface area contributed by atoms with Crippen molar-refractivity contribution in [1.82, 2.24) is 15.5 Å². The van der Waals surface area contributed by atoms with E-state index in [1.54, 1.807) is 0 Å². The standard InChI is InChI=1S/C6H9N3O/c1-2-7-3-5(1)6-9-8-4-10-6/h4-5,7H,1-3H2/t5-/m1/s1. The van der Waals surface area contributed by atoms with Gasteiger partial charge >= 0.3 is 0 Å². The average Bonchev–Trinajstić information content (AvgIpc) is 2.59. The molecule has 2 rings (SSSR count). The van der Waals surface area contributed by atoms with Gasteiger partial charge in [0.25, 0.3) is 0 Å². The van der Waals surface area contributed by atoms with Crippen molar-refractivity contribution in [2.45, 2.75) is 12.3 Å². The van der Waals surface area contributed by atoms with Gasteiger partial charge in [-0.2, -0.15) is 0 Å². The highest BCUT2D eigenvalue weighted by atomic mass is 16.4. The van der Waals surface area contributed by atoms with E-state index < -0.39 is 0 Å². The van der Waals surface area contributed by atoms with E-state index >= 15 is 0 Å². The fourth-order valence-corrected chi connectivity index (χ4v) is 1.22. The van der Waals surface area contributed by atoms with Gasteiger partial charge in [-0.15, -0.1) is 10.2 Å². The smallest absolute Gasteiger partial charge is 0.220 e. The molecular weight excluding hydrogens is 130 g/mol. The lowest BCUT2D eigenvalue weighted by atomic mass is 10.1. The Balaban J connectivity index is 2.12. The maximum atomic E-state index is 5.06. The van der Waals surface area contributed by atoms with Crippen LogP contribution >= 0.6 is 0 Å². The fraction of sp³-hybridized carbons (Fsp3) is 0.667. The van der Waals surface area contributed by atoms with E-state index in [4.69, 9.17) is 4.42 Å². The quantitative estimate of drug-likeness (QED) is 0.601. The van der Waals surface area contributed by atoms with Crippen molar-refractivity contribution in [3.63, 3.8) is 0 Å². The van der Waals surface area contributed by atoms with Crippen molar-refractivity contribution in [1.29, 1.82) is 0 Å².